The van der Waals surface area contributed by atoms with Gasteiger partial charge in [-0.05, 0) is 48.7 Å². The number of rotatable bonds is 6. The Hall–Kier alpha value is -2.57. The van der Waals surface area contributed by atoms with Gasteiger partial charge in [-0.15, -0.1) is 0 Å². The highest BCUT2D eigenvalue weighted by Crippen LogP contribution is 2.35. The molecule has 5 rings (SSSR count). The third-order valence-corrected chi connectivity index (χ3v) is 6.19. The van der Waals surface area contributed by atoms with Crippen molar-refractivity contribution in [3.63, 3.8) is 0 Å². The molecule has 1 saturated heterocycles. The first-order chi connectivity index (χ1) is 14.3. The third-order valence-electron chi connectivity index (χ3n) is 6.19. The molecular weight excluding hydrogens is 366 g/mol. The second-order valence-electron chi connectivity index (χ2n) is 8.08. The third kappa shape index (κ3) is 3.95. The van der Waals surface area contributed by atoms with Crippen molar-refractivity contribution in [2.45, 2.75) is 25.3 Å². The fraction of sp³-hybridized carbons (Fsp3) is 0.435. The zero-order valence-corrected chi connectivity index (χ0v) is 16.6. The molecular formula is C23H27N3O3. The Bertz CT molecular complexity index is 893. The van der Waals surface area contributed by atoms with E-state index in [0.29, 0.717) is 6.79 Å². The Morgan fingerprint density at radius 3 is 2.66 bits per heavy atom. The van der Waals surface area contributed by atoms with Gasteiger partial charge in [-0.2, -0.15) is 0 Å². The number of carbonyl (C=O) groups is 1. The average molecular weight is 393 g/mol. The topological polar surface area (TPSA) is 54.0 Å². The van der Waals surface area contributed by atoms with E-state index < -0.39 is 0 Å². The van der Waals surface area contributed by atoms with Gasteiger partial charge in [0.05, 0.1) is 5.92 Å². The van der Waals surface area contributed by atoms with Crippen LogP contribution in [-0.4, -0.2) is 55.2 Å². The number of hydrogen-bond acceptors (Lipinski definition) is 5. The first-order valence-corrected chi connectivity index (χ1v) is 10.5. The van der Waals surface area contributed by atoms with Crippen molar-refractivity contribution in [3.8, 4) is 11.5 Å². The van der Waals surface area contributed by atoms with Crippen molar-refractivity contribution >= 4 is 11.6 Å². The van der Waals surface area contributed by atoms with Crippen LogP contribution >= 0.6 is 0 Å². The van der Waals surface area contributed by atoms with Crippen LogP contribution in [0.15, 0.2) is 42.5 Å². The maximum absolute atomic E-state index is 12.3. The number of nitrogens with one attached hydrogen (secondary N) is 1. The van der Waals surface area contributed by atoms with Gasteiger partial charge in [0.15, 0.2) is 11.5 Å². The maximum atomic E-state index is 12.3. The highest BCUT2D eigenvalue weighted by atomic mass is 16.7. The molecule has 3 aliphatic rings. The highest BCUT2D eigenvalue weighted by molar-refractivity contribution is 6.02. The highest BCUT2D eigenvalue weighted by Gasteiger charge is 2.29. The Morgan fingerprint density at radius 1 is 0.966 bits per heavy atom. The molecule has 0 radical (unpaired) electrons. The summed E-state index contributed by atoms with van der Waals surface area (Å²) in [6, 6.07) is 14.3. The number of benzene rings is 2. The molecule has 0 saturated carbocycles. The first-order valence-electron chi connectivity index (χ1n) is 10.5. The molecule has 2 aromatic rings. The van der Waals surface area contributed by atoms with E-state index in [4.69, 9.17) is 9.47 Å². The number of ether oxygens (including phenoxy) is 2. The molecule has 3 heterocycles. The SMILES string of the molecule is O=C1Nc2ccccc2C1CCCN1CCN(Cc2ccc3c(c2)OCO3)CC1. The largest absolute Gasteiger partial charge is 0.454 e. The molecule has 1 unspecified atom stereocenters. The zero-order valence-electron chi connectivity index (χ0n) is 16.6. The van der Waals surface area contributed by atoms with E-state index in [-0.39, 0.29) is 11.8 Å². The van der Waals surface area contributed by atoms with E-state index >= 15 is 0 Å². The van der Waals surface area contributed by atoms with Gasteiger partial charge in [0.2, 0.25) is 12.7 Å². The fourth-order valence-corrected chi connectivity index (χ4v) is 4.55. The van der Waals surface area contributed by atoms with Crippen LogP contribution in [0.4, 0.5) is 5.69 Å². The number of anilines is 1. The summed E-state index contributed by atoms with van der Waals surface area (Å²) in [4.78, 5) is 17.3. The number of hydrogen-bond donors (Lipinski definition) is 1. The summed E-state index contributed by atoms with van der Waals surface area (Å²) in [5.41, 5.74) is 3.42. The van der Waals surface area contributed by atoms with Gasteiger partial charge in [-0.1, -0.05) is 24.3 Å². The monoisotopic (exact) mass is 393 g/mol. The second-order valence-corrected chi connectivity index (χ2v) is 8.08. The molecule has 1 atom stereocenters. The minimum absolute atomic E-state index is 0.0125. The molecule has 0 aromatic heterocycles. The van der Waals surface area contributed by atoms with Gasteiger partial charge in [0.25, 0.3) is 0 Å². The summed E-state index contributed by atoms with van der Waals surface area (Å²) in [6.45, 7) is 6.64. The van der Waals surface area contributed by atoms with Gasteiger partial charge >= 0.3 is 0 Å². The number of para-hydroxylation sites is 1. The fourth-order valence-electron chi connectivity index (χ4n) is 4.55. The van der Waals surface area contributed by atoms with E-state index in [9.17, 15) is 4.79 Å². The summed E-state index contributed by atoms with van der Waals surface area (Å²) in [5, 5.41) is 3.00. The van der Waals surface area contributed by atoms with Gasteiger partial charge < -0.3 is 19.7 Å². The predicted molar refractivity (Wildman–Crippen MR) is 111 cm³/mol. The van der Waals surface area contributed by atoms with Crippen LogP contribution in [0.2, 0.25) is 0 Å². The standard InChI is InChI=1S/C23H27N3O3/c27-23-19(18-4-1-2-6-20(18)24-23)5-3-9-25-10-12-26(13-11-25)15-17-7-8-21-22(14-17)29-16-28-21/h1-2,4,6-8,14,19H,3,5,9-13,15-16H2,(H,24,27). The molecule has 0 aliphatic carbocycles. The zero-order chi connectivity index (χ0) is 19.6. The summed E-state index contributed by atoms with van der Waals surface area (Å²) >= 11 is 0. The summed E-state index contributed by atoms with van der Waals surface area (Å²) in [6.07, 6.45) is 1.97. The van der Waals surface area contributed by atoms with Crippen molar-refractivity contribution in [3.05, 3.63) is 53.6 Å². The molecule has 1 N–H and O–H groups in total. The molecule has 6 heteroatoms. The number of nitrogens with zero attached hydrogens (tertiary/aromatic N) is 2. The van der Waals surface area contributed by atoms with Crippen LogP contribution in [0, 0.1) is 0 Å². The number of piperazine rings is 1. The lowest BCUT2D eigenvalue weighted by molar-refractivity contribution is -0.117. The molecule has 0 bridgehead atoms. The molecule has 3 aliphatic heterocycles. The van der Waals surface area contributed by atoms with Crippen LogP contribution < -0.4 is 14.8 Å². The van der Waals surface area contributed by atoms with Crippen molar-refractivity contribution in [1.29, 1.82) is 0 Å². The Kier molecular flexibility index (Phi) is 5.12. The lowest BCUT2D eigenvalue weighted by atomic mass is 9.95. The van der Waals surface area contributed by atoms with E-state index in [2.05, 4.69) is 33.3 Å². The van der Waals surface area contributed by atoms with Crippen LogP contribution in [0.1, 0.15) is 29.9 Å². The van der Waals surface area contributed by atoms with E-state index in [1.807, 2.05) is 24.3 Å². The van der Waals surface area contributed by atoms with Crippen LogP contribution in [-0.2, 0) is 11.3 Å². The van der Waals surface area contributed by atoms with Crippen molar-refractivity contribution in [1.82, 2.24) is 9.80 Å². The smallest absolute Gasteiger partial charge is 0.232 e. The summed E-state index contributed by atoms with van der Waals surface area (Å²) < 4.78 is 10.9. The summed E-state index contributed by atoms with van der Waals surface area (Å²) in [5.74, 6) is 1.87. The first kappa shape index (κ1) is 18.5. The predicted octanol–water partition coefficient (Wildman–Crippen LogP) is 3.05. The van der Waals surface area contributed by atoms with Crippen molar-refractivity contribution in [2.75, 3.05) is 44.8 Å². The average Bonchev–Trinajstić information content (AvgIpc) is 3.33. The number of amides is 1. The Labute approximate surface area is 171 Å². The molecule has 0 spiro atoms. The van der Waals surface area contributed by atoms with E-state index in [1.54, 1.807) is 0 Å². The van der Waals surface area contributed by atoms with Crippen molar-refractivity contribution in [2.24, 2.45) is 0 Å². The van der Waals surface area contributed by atoms with Crippen LogP contribution in [0.25, 0.3) is 0 Å². The second kappa shape index (κ2) is 8.05. The van der Waals surface area contributed by atoms with E-state index in [0.717, 1.165) is 74.9 Å². The molecule has 1 amide bonds. The van der Waals surface area contributed by atoms with Crippen LogP contribution in [0.5, 0.6) is 11.5 Å². The molecule has 2 aromatic carbocycles. The maximum Gasteiger partial charge on any atom is 0.232 e. The van der Waals surface area contributed by atoms with Crippen molar-refractivity contribution < 1.29 is 14.3 Å². The number of fused-ring (bicyclic) bond motifs is 2. The van der Waals surface area contributed by atoms with Gasteiger partial charge in [0.1, 0.15) is 0 Å². The minimum atomic E-state index is 0.0125. The number of carbonyl (C=O) groups excluding carboxylic acids is 1. The van der Waals surface area contributed by atoms with Gasteiger partial charge in [-0.25, -0.2) is 0 Å². The van der Waals surface area contributed by atoms with E-state index in [1.165, 1.54) is 5.56 Å². The Morgan fingerprint density at radius 2 is 1.76 bits per heavy atom. The Balaban J connectivity index is 1.07. The lowest BCUT2D eigenvalue weighted by Crippen LogP contribution is -2.46. The van der Waals surface area contributed by atoms with Gasteiger partial charge in [-0.3, -0.25) is 9.69 Å². The lowest BCUT2D eigenvalue weighted by Gasteiger charge is -2.34. The quantitative estimate of drug-likeness (QED) is 0.818. The molecule has 6 nitrogen and oxygen atoms in total. The molecule has 29 heavy (non-hydrogen) atoms. The normalized spacial score (nSPS) is 21.2. The van der Waals surface area contributed by atoms with Crippen LogP contribution in [0.3, 0.4) is 0 Å². The summed E-state index contributed by atoms with van der Waals surface area (Å²) in [7, 11) is 0. The molecule has 152 valence electrons. The minimum Gasteiger partial charge on any atom is -0.454 e. The molecule has 1 fully saturated rings. The van der Waals surface area contributed by atoms with Gasteiger partial charge in [0, 0.05) is 38.4 Å².